The number of nitrogens with zero attached hydrogens (tertiary/aromatic N) is 2. The SMILES string of the molecule is COc1ccc(N2CCN(C(=O)C(=O)NC(C)c3ccccc3)CC2)cc1. The molecule has 2 aromatic rings. The molecule has 27 heavy (non-hydrogen) atoms. The smallest absolute Gasteiger partial charge is 0.312 e. The number of amides is 2. The lowest BCUT2D eigenvalue weighted by Crippen LogP contribution is -2.52. The molecule has 1 N–H and O–H groups in total. The van der Waals surface area contributed by atoms with Gasteiger partial charge in [0, 0.05) is 31.9 Å². The molecule has 1 saturated heterocycles. The van der Waals surface area contributed by atoms with Crippen LogP contribution in [0.25, 0.3) is 0 Å². The third-order valence-electron chi connectivity index (χ3n) is 4.85. The molecule has 1 atom stereocenters. The maximum Gasteiger partial charge on any atom is 0.312 e. The fraction of sp³-hybridized carbons (Fsp3) is 0.333. The highest BCUT2D eigenvalue weighted by molar-refractivity contribution is 6.35. The quantitative estimate of drug-likeness (QED) is 0.842. The molecule has 2 amide bonds. The first kappa shape index (κ1) is 18.8. The van der Waals surface area contributed by atoms with Gasteiger partial charge in [-0.15, -0.1) is 0 Å². The van der Waals surface area contributed by atoms with E-state index in [-0.39, 0.29) is 6.04 Å². The fourth-order valence-corrected chi connectivity index (χ4v) is 3.19. The molecule has 0 saturated carbocycles. The van der Waals surface area contributed by atoms with E-state index < -0.39 is 11.8 Å². The minimum absolute atomic E-state index is 0.205. The van der Waals surface area contributed by atoms with Crippen LogP contribution < -0.4 is 15.0 Å². The molecule has 0 aliphatic carbocycles. The summed E-state index contributed by atoms with van der Waals surface area (Å²) in [5.41, 5.74) is 2.06. The Morgan fingerprint density at radius 3 is 2.19 bits per heavy atom. The van der Waals surface area contributed by atoms with Crippen LogP contribution >= 0.6 is 0 Å². The summed E-state index contributed by atoms with van der Waals surface area (Å²) in [5, 5.41) is 2.79. The molecule has 1 unspecified atom stereocenters. The van der Waals surface area contributed by atoms with Crippen molar-refractivity contribution in [2.45, 2.75) is 13.0 Å². The molecule has 6 heteroatoms. The third-order valence-corrected chi connectivity index (χ3v) is 4.85. The van der Waals surface area contributed by atoms with E-state index in [1.54, 1.807) is 12.0 Å². The average Bonchev–Trinajstić information content (AvgIpc) is 2.74. The second-order valence-electron chi connectivity index (χ2n) is 6.58. The number of rotatable bonds is 4. The Kier molecular flexibility index (Phi) is 5.96. The molecule has 0 aromatic heterocycles. The third kappa shape index (κ3) is 4.58. The Morgan fingerprint density at radius 2 is 1.59 bits per heavy atom. The average molecular weight is 367 g/mol. The van der Waals surface area contributed by atoms with Gasteiger partial charge in [-0.2, -0.15) is 0 Å². The van der Waals surface area contributed by atoms with E-state index in [0.29, 0.717) is 26.2 Å². The number of carbonyl (C=O) groups excluding carboxylic acids is 2. The monoisotopic (exact) mass is 367 g/mol. The van der Waals surface area contributed by atoms with Gasteiger partial charge in [-0.1, -0.05) is 30.3 Å². The van der Waals surface area contributed by atoms with Gasteiger partial charge in [-0.05, 0) is 36.8 Å². The molecule has 1 fully saturated rings. The molecule has 1 aliphatic rings. The number of anilines is 1. The lowest BCUT2D eigenvalue weighted by Gasteiger charge is -2.36. The zero-order valence-corrected chi connectivity index (χ0v) is 15.7. The van der Waals surface area contributed by atoms with E-state index in [1.165, 1.54) is 0 Å². The van der Waals surface area contributed by atoms with Crippen molar-refractivity contribution in [3.63, 3.8) is 0 Å². The van der Waals surface area contributed by atoms with Gasteiger partial charge in [-0.25, -0.2) is 0 Å². The molecular formula is C21H25N3O3. The standard InChI is InChI=1S/C21H25N3O3/c1-16(17-6-4-3-5-7-17)22-20(25)21(26)24-14-12-23(13-15-24)18-8-10-19(27-2)11-9-18/h3-11,16H,12-15H2,1-2H3,(H,22,25). The van der Waals surface area contributed by atoms with Gasteiger partial charge in [0.25, 0.3) is 0 Å². The molecule has 1 heterocycles. The normalized spacial score (nSPS) is 15.2. The zero-order valence-electron chi connectivity index (χ0n) is 15.7. The second-order valence-corrected chi connectivity index (χ2v) is 6.58. The van der Waals surface area contributed by atoms with E-state index >= 15 is 0 Å². The Morgan fingerprint density at radius 1 is 0.963 bits per heavy atom. The molecule has 6 nitrogen and oxygen atoms in total. The largest absolute Gasteiger partial charge is 0.497 e. The molecule has 3 rings (SSSR count). The Balaban J connectivity index is 1.52. The lowest BCUT2D eigenvalue weighted by molar-refractivity contribution is -0.146. The predicted molar refractivity (Wildman–Crippen MR) is 105 cm³/mol. The van der Waals surface area contributed by atoms with Crippen LogP contribution in [0.1, 0.15) is 18.5 Å². The number of hydrogen-bond acceptors (Lipinski definition) is 4. The summed E-state index contributed by atoms with van der Waals surface area (Å²) in [5.74, 6) is -0.201. The van der Waals surface area contributed by atoms with Gasteiger partial charge in [0.2, 0.25) is 0 Å². The number of methoxy groups -OCH3 is 1. The van der Waals surface area contributed by atoms with Crippen molar-refractivity contribution < 1.29 is 14.3 Å². The Hall–Kier alpha value is -3.02. The van der Waals surface area contributed by atoms with Crippen LogP contribution in [0.2, 0.25) is 0 Å². The van der Waals surface area contributed by atoms with Gasteiger partial charge in [0.15, 0.2) is 0 Å². The number of carbonyl (C=O) groups is 2. The first-order valence-corrected chi connectivity index (χ1v) is 9.12. The number of hydrogen-bond donors (Lipinski definition) is 1. The van der Waals surface area contributed by atoms with Crippen LogP contribution in [0, 0.1) is 0 Å². The molecule has 0 bridgehead atoms. The lowest BCUT2D eigenvalue weighted by atomic mass is 10.1. The Bertz CT molecular complexity index is 769. The van der Waals surface area contributed by atoms with Gasteiger partial charge in [0.05, 0.1) is 13.2 Å². The van der Waals surface area contributed by atoms with Gasteiger partial charge in [-0.3, -0.25) is 9.59 Å². The van der Waals surface area contributed by atoms with Crippen molar-refractivity contribution in [3.05, 3.63) is 60.2 Å². The predicted octanol–water partition coefficient (Wildman–Crippen LogP) is 2.22. The van der Waals surface area contributed by atoms with E-state index in [0.717, 1.165) is 17.0 Å². The van der Waals surface area contributed by atoms with Crippen LogP contribution in [-0.4, -0.2) is 50.0 Å². The molecule has 142 valence electrons. The first-order valence-electron chi connectivity index (χ1n) is 9.12. The highest BCUT2D eigenvalue weighted by atomic mass is 16.5. The van der Waals surface area contributed by atoms with Crippen LogP contribution in [-0.2, 0) is 9.59 Å². The second kappa shape index (κ2) is 8.58. The van der Waals surface area contributed by atoms with Crippen LogP contribution in [0.3, 0.4) is 0 Å². The van der Waals surface area contributed by atoms with Crippen LogP contribution in [0.15, 0.2) is 54.6 Å². The van der Waals surface area contributed by atoms with Crippen molar-refractivity contribution in [1.29, 1.82) is 0 Å². The number of piperazine rings is 1. The van der Waals surface area contributed by atoms with Crippen molar-refractivity contribution in [2.75, 3.05) is 38.2 Å². The molecular weight excluding hydrogens is 342 g/mol. The van der Waals surface area contributed by atoms with Crippen molar-refractivity contribution in [3.8, 4) is 5.75 Å². The highest BCUT2D eigenvalue weighted by Crippen LogP contribution is 2.20. The van der Waals surface area contributed by atoms with Gasteiger partial charge >= 0.3 is 11.8 Å². The van der Waals surface area contributed by atoms with Gasteiger partial charge < -0.3 is 19.9 Å². The summed E-state index contributed by atoms with van der Waals surface area (Å²) < 4.78 is 5.18. The fourth-order valence-electron chi connectivity index (χ4n) is 3.19. The van der Waals surface area contributed by atoms with E-state index in [4.69, 9.17) is 4.74 Å². The first-order chi connectivity index (χ1) is 13.1. The summed E-state index contributed by atoms with van der Waals surface area (Å²) in [4.78, 5) is 28.6. The topological polar surface area (TPSA) is 61.9 Å². The van der Waals surface area contributed by atoms with Crippen molar-refractivity contribution in [2.24, 2.45) is 0 Å². The minimum atomic E-state index is -0.552. The van der Waals surface area contributed by atoms with Crippen LogP contribution in [0.5, 0.6) is 5.75 Å². The zero-order chi connectivity index (χ0) is 19.2. The number of benzene rings is 2. The maximum atomic E-state index is 12.5. The van der Waals surface area contributed by atoms with Gasteiger partial charge in [0.1, 0.15) is 5.75 Å². The highest BCUT2D eigenvalue weighted by Gasteiger charge is 2.27. The molecule has 0 spiro atoms. The number of ether oxygens (including phenoxy) is 1. The summed E-state index contributed by atoms with van der Waals surface area (Å²) >= 11 is 0. The maximum absolute atomic E-state index is 12.5. The molecule has 0 radical (unpaired) electrons. The summed E-state index contributed by atoms with van der Waals surface area (Å²) in [7, 11) is 1.64. The number of nitrogens with one attached hydrogen (secondary N) is 1. The minimum Gasteiger partial charge on any atom is -0.497 e. The van der Waals surface area contributed by atoms with E-state index in [2.05, 4.69) is 10.2 Å². The van der Waals surface area contributed by atoms with Crippen molar-refractivity contribution >= 4 is 17.5 Å². The van der Waals surface area contributed by atoms with E-state index in [1.807, 2.05) is 61.5 Å². The van der Waals surface area contributed by atoms with E-state index in [9.17, 15) is 9.59 Å². The Labute approximate surface area is 159 Å². The molecule has 2 aromatic carbocycles. The summed E-state index contributed by atoms with van der Waals surface area (Å²) in [6.45, 7) is 4.32. The molecule has 1 aliphatic heterocycles. The summed E-state index contributed by atoms with van der Waals surface area (Å²) in [6, 6.07) is 17.3. The van der Waals surface area contributed by atoms with Crippen molar-refractivity contribution in [1.82, 2.24) is 10.2 Å². The van der Waals surface area contributed by atoms with Crippen LogP contribution in [0.4, 0.5) is 5.69 Å². The summed E-state index contributed by atoms with van der Waals surface area (Å²) in [6.07, 6.45) is 0.